The van der Waals surface area contributed by atoms with Gasteiger partial charge in [0.15, 0.2) is 6.29 Å². The second kappa shape index (κ2) is 52.5. The van der Waals surface area contributed by atoms with E-state index in [0.717, 1.165) is 96.3 Å². The van der Waals surface area contributed by atoms with E-state index < -0.39 is 43.4 Å². The molecule has 72 heavy (non-hydrogen) atoms. The molecule has 0 aromatic heterocycles. The van der Waals surface area contributed by atoms with Crippen molar-refractivity contribution < 1.29 is 44.2 Å². The summed E-state index contributed by atoms with van der Waals surface area (Å²) in [5, 5.41) is 40.4. The zero-order valence-electron chi connectivity index (χ0n) is 45.4. The van der Waals surface area contributed by atoms with Gasteiger partial charge in [-0.05, 0) is 109 Å². The molecule has 1 aliphatic heterocycles. The van der Waals surface area contributed by atoms with Crippen LogP contribution < -0.4 is 0 Å². The number of aliphatic hydroxyl groups is 4. The molecule has 1 heterocycles. The van der Waals surface area contributed by atoms with Crippen molar-refractivity contribution in [1.82, 2.24) is 0 Å². The van der Waals surface area contributed by atoms with Gasteiger partial charge in [-0.25, -0.2) is 0 Å². The summed E-state index contributed by atoms with van der Waals surface area (Å²) >= 11 is 0. The predicted molar refractivity (Wildman–Crippen MR) is 302 cm³/mol. The SMILES string of the molecule is CC/C=C\C/C=C\C/C=C\C/C=C\C/C=C\C/C=C\C/C=C\CCCCOCC(COC1OC(CO)C(O)C(O)C1O)OC(=O)CCCCCCCCCCCC/C=C\C/C=C\C/C=C\CCCCCCC. The first kappa shape index (κ1) is 66.6. The highest BCUT2D eigenvalue weighted by molar-refractivity contribution is 5.69. The van der Waals surface area contributed by atoms with Gasteiger partial charge in [-0.2, -0.15) is 0 Å². The molecule has 9 heteroatoms. The Labute approximate surface area is 439 Å². The Morgan fingerprint density at radius 1 is 0.458 bits per heavy atom. The van der Waals surface area contributed by atoms with Crippen LogP contribution in [0.1, 0.15) is 206 Å². The minimum absolute atomic E-state index is 0.105. The van der Waals surface area contributed by atoms with Gasteiger partial charge in [0.1, 0.15) is 30.5 Å². The van der Waals surface area contributed by atoms with E-state index in [2.05, 4.69) is 135 Å². The van der Waals surface area contributed by atoms with Gasteiger partial charge in [0.2, 0.25) is 0 Å². The van der Waals surface area contributed by atoms with Crippen LogP contribution in [-0.4, -0.2) is 89.6 Å². The second-order valence-electron chi connectivity index (χ2n) is 19.0. The molecule has 1 aliphatic rings. The number of allylic oxidation sites excluding steroid dienone is 20. The Kier molecular flexibility index (Phi) is 48.5. The number of esters is 1. The van der Waals surface area contributed by atoms with Gasteiger partial charge in [-0.1, -0.05) is 212 Å². The average molecular weight is 1010 g/mol. The van der Waals surface area contributed by atoms with E-state index in [-0.39, 0.29) is 19.2 Å². The molecular formula is C63H104O9. The lowest BCUT2D eigenvalue weighted by molar-refractivity contribution is -0.305. The number of carbonyl (C=O) groups excluding carboxylic acids is 1. The van der Waals surface area contributed by atoms with E-state index in [9.17, 15) is 25.2 Å². The summed E-state index contributed by atoms with van der Waals surface area (Å²) in [5.41, 5.74) is 0. The summed E-state index contributed by atoms with van der Waals surface area (Å²) in [4.78, 5) is 12.9. The smallest absolute Gasteiger partial charge is 0.306 e. The molecule has 410 valence electrons. The Bertz CT molecular complexity index is 1520. The van der Waals surface area contributed by atoms with E-state index in [1.165, 1.54) is 89.9 Å². The van der Waals surface area contributed by atoms with Gasteiger partial charge in [0, 0.05) is 13.0 Å². The van der Waals surface area contributed by atoms with E-state index in [0.29, 0.717) is 13.0 Å². The van der Waals surface area contributed by atoms with E-state index >= 15 is 0 Å². The molecule has 1 rings (SSSR count). The van der Waals surface area contributed by atoms with Crippen molar-refractivity contribution in [3.05, 3.63) is 122 Å². The van der Waals surface area contributed by atoms with Gasteiger partial charge in [-0.3, -0.25) is 4.79 Å². The molecule has 4 N–H and O–H groups in total. The highest BCUT2D eigenvalue weighted by atomic mass is 16.7. The molecule has 1 saturated heterocycles. The molecule has 0 spiro atoms. The van der Waals surface area contributed by atoms with Crippen LogP contribution in [0, 0.1) is 0 Å². The van der Waals surface area contributed by atoms with Crippen LogP contribution in [0.4, 0.5) is 0 Å². The highest BCUT2D eigenvalue weighted by Gasteiger charge is 2.44. The third-order valence-corrected chi connectivity index (χ3v) is 12.4. The third-order valence-electron chi connectivity index (χ3n) is 12.4. The Morgan fingerprint density at radius 3 is 1.28 bits per heavy atom. The van der Waals surface area contributed by atoms with Crippen LogP contribution in [0.3, 0.4) is 0 Å². The Morgan fingerprint density at radius 2 is 0.847 bits per heavy atom. The van der Waals surface area contributed by atoms with Crippen LogP contribution in [0.25, 0.3) is 0 Å². The summed E-state index contributed by atoms with van der Waals surface area (Å²) in [6, 6.07) is 0. The molecule has 0 radical (unpaired) electrons. The van der Waals surface area contributed by atoms with Crippen LogP contribution in [0.2, 0.25) is 0 Å². The third kappa shape index (κ3) is 42.0. The topological polar surface area (TPSA) is 135 Å². The maximum atomic E-state index is 12.9. The normalized spacial score (nSPS) is 19.7. The van der Waals surface area contributed by atoms with Crippen molar-refractivity contribution in [3.8, 4) is 0 Å². The van der Waals surface area contributed by atoms with Gasteiger partial charge < -0.3 is 39.4 Å². The van der Waals surface area contributed by atoms with Gasteiger partial charge >= 0.3 is 5.97 Å². The van der Waals surface area contributed by atoms with Crippen molar-refractivity contribution >= 4 is 5.97 Å². The number of unbranched alkanes of at least 4 members (excludes halogenated alkanes) is 17. The quantitative estimate of drug-likeness (QED) is 0.0267. The fraction of sp³-hybridized carbons (Fsp3) is 0.667. The largest absolute Gasteiger partial charge is 0.457 e. The second-order valence-corrected chi connectivity index (χ2v) is 19.0. The molecule has 0 saturated carbocycles. The lowest BCUT2D eigenvalue weighted by Gasteiger charge is -2.39. The molecule has 0 bridgehead atoms. The molecule has 0 aromatic rings. The van der Waals surface area contributed by atoms with Gasteiger partial charge in [-0.15, -0.1) is 0 Å². The van der Waals surface area contributed by atoms with Crippen molar-refractivity contribution in [2.45, 2.75) is 243 Å². The van der Waals surface area contributed by atoms with Crippen molar-refractivity contribution in [2.24, 2.45) is 0 Å². The first-order valence-corrected chi connectivity index (χ1v) is 28.6. The molecule has 9 nitrogen and oxygen atoms in total. The number of ether oxygens (including phenoxy) is 4. The summed E-state index contributed by atoms with van der Waals surface area (Å²) in [7, 11) is 0. The molecule has 1 fully saturated rings. The first-order chi connectivity index (χ1) is 35.4. The van der Waals surface area contributed by atoms with Crippen molar-refractivity contribution in [3.63, 3.8) is 0 Å². The van der Waals surface area contributed by atoms with E-state index in [1.54, 1.807) is 0 Å². The fourth-order valence-corrected chi connectivity index (χ4v) is 7.95. The minimum Gasteiger partial charge on any atom is -0.457 e. The zero-order chi connectivity index (χ0) is 52.1. The monoisotopic (exact) mass is 1000 g/mol. The Hall–Kier alpha value is -3.41. The summed E-state index contributed by atoms with van der Waals surface area (Å²) in [6.07, 6.45) is 69.6. The fourth-order valence-electron chi connectivity index (χ4n) is 7.95. The molecule has 0 aromatic carbocycles. The van der Waals surface area contributed by atoms with Crippen LogP contribution in [0.15, 0.2) is 122 Å². The summed E-state index contributed by atoms with van der Waals surface area (Å²) in [5.74, 6) is -0.337. The lowest BCUT2D eigenvalue weighted by atomic mass is 9.99. The molecule has 0 amide bonds. The standard InChI is InChI=1S/C63H104O9/c1-3-5-7-9-11-13-15-17-19-21-23-25-27-29-30-32-34-36-38-40-42-44-46-48-50-52-59(65)71-57(56-70-63-62(68)61(67)60(66)58(54-64)72-63)55-69-53-51-49-47-45-43-41-39-37-35-33-31-28-26-24-22-20-18-16-14-12-10-8-6-4-2/h6,8,12,14-15,17-18,20-21,23-24,26-27,29,31,33,37,39,43,45,57-58,60-64,66-68H,3-5,7,9-11,13,16,19,22,25,28,30,32,34-36,38,40-42,44,46-56H2,1-2H3/b8-6-,14-12-,17-15-,20-18-,23-21-,26-24-,29-27-,33-31-,39-37-,45-43-. The number of aliphatic hydroxyl groups excluding tert-OH is 4. The molecule has 0 aliphatic carbocycles. The van der Waals surface area contributed by atoms with E-state index in [1.807, 2.05) is 0 Å². The summed E-state index contributed by atoms with van der Waals surface area (Å²) < 4.78 is 22.9. The number of rotatable bonds is 48. The molecule has 6 unspecified atom stereocenters. The predicted octanol–water partition coefficient (Wildman–Crippen LogP) is 15.0. The van der Waals surface area contributed by atoms with Gasteiger partial charge in [0.05, 0.1) is 19.8 Å². The highest BCUT2D eigenvalue weighted by Crippen LogP contribution is 2.23. The van der Waals surface area contributed by atoms with Crippen molar-refractivity contribution in [1.29, 1.82) is 0 Å². The average Bonchev–Trinajstić information content (AvgIpc) is 3.38. The molecular weight excluding hydrogens is 901 g/mol. The van der Waals surface area contributed by atoms with Gasteiger partial charge in [0.25, 0.3) is 0 Å². The van der Waals surface area contributed by atoms with Crippen molar-refractivity contribution in [2.75, 3.05) is 26.4 Å². The first-order valence-electron chi connectivity index (χ1n) is 28.6. The number of hydrogen-bond acceptors (Lipinski definition) is 9. The molecule has 6 atom stereocenters. The van der Waals surface area contributed by atoms with Crippen LogP contribution in [0.5, 0.6) is 0 Å². The van der Waals surface area contributed by atoms with Crippen LogP contribution in [-0.2, 0) is 23.7 Å². The minimum atomic E-state index is -1.55. The maximum absolute atomic E-state index is 12.9. The lowest BCUT2D eigenvalue weighted by Crippen LogP contribution is -2.59. The summed E-state index contributed by atoms with van der Waals surface area (Å²) in [6.45, 7) is 4.31. The maximum Gasteiger partial charge on any atom is 0.306 e. The zero-order valence-corrected chi connectivity index (χ0v) is 45.4. The van der Waals surface area contributed by atoms with E-state index in [4.69, 9.17) is 18.9 Å². The number of carbonyl (C=O) groups is 1. The Balaban J connectivity index is 2.23. The van der Waals surface area contributed by atoms with Crippen LogP contribution >= 0.6 is 0 Å². The number of hydrogen-bond donors (Lipinski definition) is 4.